The molecule has 1 heterocycles. The fourth-order valence-electron chi connectivity index (χ4n) is 0.798. The lowest BCUT2D eigenvalue weighted by Crippen LogP contribution is -2.59. The molecule has 0 radical (unpaired) electrons. The van der Waals surface area contributed by atoms with Gasteiger partial charge in [-0.1, -0.05) is 0 Å². The van der Waals surface area contributed by atoms with Crippen LogP contribution in [0.15, 0.2) is 0 Å². The van der Waals surface area contributed by atoms with Crippen molar-refractivity contribution in [2.75, 3.05) is 12.8 Å². The second-order valence-corrected chi connectivity index (χ2v) is 3.08. The molecular formula is C5H9NO2S. The van der Waals surface area contributed by atoms with Crippen LogP contribution in [0.1, 0.15) is 0 Å². The fraction of sp³-hybridized carbons (Fsp3) is 0.800. The fourth-order valence-corrected chi connectivity index (χ4v) is 1.55. The van der Waals surface area contributed by atoms with E-state index in [1.807, 2.05) is 6.26 Å². The zero-order valence-electron chi connectivity index (χ0n) is 5.13. The molecule has 0 aliphatic carbocycles. The predicted octanol–water partition coefficient (Wildman–Crippen LogP) is -0.226. The van der Waals surface area contributed by atoms with Gasteiger partial charge in [-0.05, 0) is 6.26 Å². The minimum atomic E-state index is -0.736. The van der Waals surface area contributed by atoms with Gasteiger partial charge in [-0.15, -0.1) is 0 Å². The maximum Gasteiger partial charge on any atom is 0.321 e. The molecule has 0 aromatic heterocycles. The summed E-state index contributed by atoms with van der Waals surface area (Å²) in [6.07, 6.45) is 1.93. The van der Waals surface area contributed by atoms with Crippen molar-refractivity contribution in [3.63, 3.8) is 0 Å². The standard InChI is InChI=1S/C5H9NO2S/c1-9-3-2-6-4(3)5(7)8/h3-4,6H,2H2,1H3,(H,7,8)/t3?,4-/m0/s1. The second kappa shape index (κ2) is 2.58. The van der Waals surface area contributed by atoms with Crippen molar-refractivity contribution in [2.24, 2.45) is 0 Å². The molecule has 0 aromatic carbocycles. The van der Waals surface area contributed by atoms with Crippen LogP contribution in [-0.4, -0.2) is 35.2 Å². The molecule has 0 aromatic rings. The summed E-state index contributed by atoms with van der Waals surface area (Å²) in [6, 6.07) is -0.306. The zero-order chi connectivity index (χ0) is 6.85. The van der Waals surface area contributed by atoms with E-state index >= 15 is 0 Å². The third kappa shape index (κ3) is 1.19. The first-order chi connectivity index (χ1) is 4.25. The Labute approximate surface area is 57.8 Å². The molecule has 1 rings (SSSR count). The van der Waals surface area contributed by atoms with Crippen molar-refractivity contribution in [3.8, 4) is 0 Å². The van der Waals surface area contributed by atoms with Crippen molar-refractivity contribution in [2.45, 2.75) is 11.3 Å². The summed E-state index contributed by atoms with van der Waals surface area (Å²) in [4.78, 5) is 10.3. The minimum absolute atomic E-state index is 0.280. The summed E-state index contributed by atoms with van der Waals surface area (Å²) >= 11 is 1.60. The molecule has 4 heteroatoms. The van der Waals surface area contributed by atoms with Crippen molar-refractivity contribution in [1.29, 1.82) is 0 Å². The number of carbonyl (C=O) groups is 1. The molecule has 0 saturated carbocycles. The summed E-state index contributed by atoms with van der Waals surface area (Å²) in [5, 5.41) is 11.6. The first-order valence-corrected chi connectivity index (χ1v) is 4.03. The summed E-state index contributed by atoms with van der Waals surface area (Å²) in [5.74, 6) is -0.736. The Morgan fingerprint density at radius 1 is 1.89 bits per heavy atom. The van der Waals surface area contributed by atoms with Crippen LogP contribution in [0.3, 0.4) is 0 Å². The van der Waals surface area contributed by atoms with Gasteiger partial charge in [0, 0.05) is 11.8 Å². The highest BCUT2D eigenvalue weighted by Gasteiger charge is 2.35. The van der Waals surface area contributed by atoms with Gasteiger partial charge < -0.3 is 10.4 Å². The third-order valence-electron chi connectivity index (χ3n) is 1.48. The summed E-state index contributed by atoms with van der Waals surface area (Å²) in [5.41, 5.74) is 0. The SMILES string of the molecule is CSC1CN[C@@H]1C(=O)O. The summed E-state index contributed by atoms with van der Waals surface area (Å²) < 4.78 is 0. The number of carboxylic acids is 1. The Kier molecular flexibility index (Phi) is 1.97. The quantitative estimate of drug-likeness (QED) is 0.566. The number of hydrogen-bond donors (Lipinski definition) is 2. The molecule has 52 valence electrons. The molecule has 0 spiro atoms. The monoisotopic (exact) mass is 147 g/mol. The van der Waals surface area contributed by atoms with Gasteiger partial charge in [-0.25, -0.2) is 0 Å². The number of thioether (sulfide) groups is 1. The van der Waals surface area contributed by atoms with Crippen LogP contribution in [0.4, 0.5) is 0 Å². The zero-order valence-corrected chi connectivity index (χ0v) is 5.94. The van der Waals surface area contributed by atoms with E-state index in [9.17, 15) is 4.79 Å². The molecule has 3 nitrogen and oxygen atoms in total. The average Bonchev–Trinajstić information content (AvgIpc) is 1.61. The smallest absolute Gasteiger partial charge is 0.321 e. The van der Waals surface area contributed by atoms with Crippen LogP contribution in [0.25, 0.3) is 0 Å². The van der Waals surface area contributed by atoms with Gasteiger partial charge in [0.1, 0.15) is 6.04 Å². The largest absolute Gasteiger partial charge is 0.480 e. The predicted molar refractivity (Wildman–Crippen MR) is 36.7 cm³/mol. The Morgan fingerprint density at radius 2 is 2.56 bits per heavy atom. The van der Waals surface area contributed by atoms with Crippen LogP contribution >= 0.6 is 11.8 Å². The Balaban J connectivity index is 2.35. The number of nitrogens with one attached hydrogen (secondary N) is 1. The molecule has 1 aliphatic heterocycles. The first-order valence-electron chi connectivity index (χ1n) is 2.74. The highest BCUT2D eigenvalue weighted by Crippen LogP contribution is 2.17. The van der Waals surface area contributed by atoms with Gasteiger partial charge in [0.2, 0.25) is 0 Å². The van der Waals surface area contributed by atoms with Crippen molar-refractivity contribution < 1.29 is 9.90 Å². The second-order valence-electron chi connectivity index (χ2n) is 2.00. The van der Waals surface area contributed by atoms with E-state index in [-0.39, 0.29) is 11.3 Å². The van der Waals surface area contributed by atoms with Crippen LogP contribution in [0.2, 0.25) is 0 Å². The lowest BCUT2D eigenvalue weighted by molar-refractivity contribution is -0.140. The summed E-state index contributed by atoms with van der Waals surface area (Å²) in [6.45, 7) is 0.831. The van der Waals surface area contributed by atoms with E-state index in [2.05, 4.69) is 5.32 Å². The molecule has 2 atom stereocenters. The Morgan fingerprint density at radius 3 is 2.67 bits per heavy atom. The van der Waals surface area contributed by atoms with E-state index in [0.717, 1.165) is 6.54 Å². The molecule has 1 unspecified atom stereocenters. The van der Waals surface area contributed by atoms with Crippen molar-refractivity contribution in [1.82, 2.24) is 5.32 Å². The number of rotatable bonds is 2. The summed E-state index contributed by atoms with van der Waals surface area (Å²) in [7, 11) is 0. The molecule has 1 fully saturated rings. The van der Waals surface area contributed by atoms with Gasteiger partial charge in [-0.3, -0.25) is 4.79 Å². The van der Waals surface area contributed by atoms with Gasteiger partial charge in [0.25, 0.3) is 0 Å². The maximum absolute atomic E-state index is 10.3. The van der Waals surface area contributed by atoms with Gasteiger partial charge in [0.15, 0.2) is 0 Å². The molecular weight excluding hydrogens is 138 g/mol. The van der Waals surface area contributed by atoms with E-state index in [1.54, 1.807) is 11.8 Å². The van der Waals surface area contributed by atoms with Gasteiger partial charge >= 0.3 is 5.97 Å². The average molecular weight is 147 g/mol. The number of carboxylic acid groups (broad SMARTS) is 1. The van der Waals surface area contributed by atoms with E-state index in [0.29, 0.717) is 0 Å². The first kappa shape index (κ1) is 6.89. The molecule has 1 aliphatic rings. The van der Waals surface area contributed by atoms with Gasteiger partial charge in [0.05, 0.1) is 0 Å². The molecule has 1 saturated heterocycles. The lowest BCUT2D eigenvalue weighted by Gasteiger charge is -2.33. The third-order valence-corrected chi connectivity index (χ3v) is 2.52. The number of aliphatic carboxylic acids is 1. The maximum atomic E-state index is 10.3. The topological polar surface area (TPSA) is 49.3 Å². The van der Waals surface area contributed by atoms with E-state index < -0.39 is 5.97 Å². The highest BCUT2D eigenvalue weighted by molar-refractivity contribution is 7.99. The highest BCUT2D eigenvalue weighted by atomic mass is 32.2. The van der Waals surface area contributed by atoms with Crippen LogP contribution in [-0.2, 0) is 4.79 Å². The van der Waals surface area contributed by atoms with Crippen LogP contribution < -0.4 is 5.32 Å². The molecule has 0 bridgehead atoms. The molecule has 0 amide bonds. The van der Waals surface area contributed by atoms with Gasteiger partial charge in [-0.2, -0.15) is 11.8 Å². The number of hydrogen-bond acceptors (Lipinski definition) is 3. The normalized spacial score (nSPS) is 33.4. The molecule has 2 N–H and O–H groups in total. The van der Waals surface area contributed by atoms with Crippen LogP contribution in [0.5, 0.6) is 0 Å². The van der Waals surface area contributed by atoms with Crippen LogP contribution in [0, 0.1) is 0 Å². The molecule has 9 heavy (non-hydrogen) atoms. The lowest BCUT2D eigenvalue weighted by atomic mass is 10.1. The van der Waals surface area contributed by atoms with Crippen molar-refractivity contribution in [3.05, 3.63) is 0 Å². The van der Waals surface area contributed by atoms with E-state index in [4.69, 9.17) is 5.11 Å². The van der Waals surface area contributed by atoms with E-state index in [1.165, 1.54) is 0 Å². The minimum Gasteiger partial charge on any atom is -0.480 e. The van der Waals surface area contributed by atoms with Crippen molar-refractivity contribution >= 4 is 17.7 Å². The Hall–Kier alpha value is -0.220. The Bertz CT molecular complexity index is 126.